The maximum Gasteiger partial charge on any atom is 0.240 e. The highest BCUT2D eigenvalue weighted by Crippen LogP contribution is 2.38. The molecule has 0 radical (unpaired) electrons. The zero-order chi connectivity index (χ0) is 15.5. The van der Waals surface area contributed by atoms with Crippen LogP contribution in [-0.2, 0) is 19.1 Å². The van der Waals surface area contributed by atoms with Gasteiger partial charge < -0.3 is 14.6 Å². The molecule has 1 unspecified atom stereocenters. The summed E-state index contributed by atoms with van der Waals surface area (Å²) in [5, 5.41) is 10.2. The van der Waals surface area contributed by atoms with Gasteiger partial charge in [0, 0.05) is 0 Å². The number of Topliss-reactive ketones (excluding diaryl/α,β-unsaturated/α-hetero) is 1. The Balaban J connectivity index is 2.09. The van der Waals surface area contributed by atoms with Crippen LogP contribution in [0.2, 0.25) is 0 Å². The molecule has 1 aromatic carbocycles. The lowest BCUT2D eigenvalue weighted by molar-refractivity contribution is -0.149. The number of benzene rings is 1. The van der Waals surface area contributed by atoms with Crippen molar-refractivity contribution in [3.8, 4) is 0 Å². The van der Waals surface area contributed by atoms with Gasteiger partial charge in [-0.05, 0) is 11.6 Å². The smallest absolute Gasteiger partial charge is 0.240 e. The van der Waals surface area contributed by atoms with Crippen molar-refractivity contribution in [3.63, 3.8) is 0 Å². The van der Waals surface area contributed by atoms with Gasteiger partial charge in [0.2, 0.25) is 11.5 Å². The standard InChI is InChI=1S/C16H16O5/c1-20-13-14(18)16(19,15(13)21-2)10-12(17)9-8-11-6-4-3-5-7-11/h3-9,19H,10H2,1-2H3/b9-8+. The molecule has 1 aromatic rings. The van der Waals surface area contributed by atoms with Crippen molar-refractivity contribution in [2.24, 2.45) is 0 Å². The van der Waals surface area contributed by atoms with Crippen LogP contribution in [0, 0.1) is 0 Å². The van der Waals surface area contributed by atoms with Gasteiger partial charge >= 0.3 is 0 Å². The average Bonchev–Trinajstić information content (AvgIpc) is 2.50. The van der Waals surface area contributed by atoms with E-state index in [1.54, 1.807) is 6.08 Å². The van der Waals surface area contributed by atoms with Crippen LogP contribution >= 0.6 is 0 Å². The molecular weight excluding hydrogens is 272 g/mol. The molecule has 5 nitrogen and oxygen atoms in total. The number of carbonyl (C=O) groups excluding carboxylic acids is 2. The summed E-state index contributed by atoms with van der Waals surface area (Å²) in [5.41, 5.74) is -1.06. The zero-order valence-electron chi connectivity index (χ0n) is 11.8. The monoisotopic (exact) mass is 288 g/mol. The van der Waals surface area contributed by atoms with Gasteiger partial charge in [0.25, 0.3) is 0 Å². The summed E-state index contributed by atoms with van der Waals surface area (Å²) in [6.07, 6.45) is 2.59. The second-order valence-electron chi connectivity index (χ2n) is 4.64. The quantitative estimate of drug-likeness (QED) is 0.803. The molecule has 0 bridgehead atoms. The Labute approximate surface area is 122 Å². The Morgan fingerprint density at radius 2 is 1.90 bits per heavy atom. The van der Waals surface area contributed by atoms with E-state index in [1.165, 1.54) is 20.3 Å². The Hall–Kier alpha value is -2.40. The predicted octanol–water partition coefficient (Wildman–Crippen LogP) is 1.48. The number of hydrogen-bond donors (Lipinski definition) is 1. The first-order chi connectivity index (χ1) is 10.0. The lowest BCUT2D eigenvalue weighted by Crippen LogP contribution is -2.53. The minimum atomic E-state index is -1.92. The lowest BCUT2D eigenvalue weighted by atomic mass is 9.79. The summed E-state index contributed by atoms with van der Waals surface area (Å²) < 4.78 is 9.77. The van der Waals surface area contributed by atoms with Crippen molar-refractivity contribution >= 4 is 17.6 Å². The van der Waals surface area contributed by atoms with Crippen molar-refractivity contribution in [1.82, 2.24) is 0 Å². The molecule has 0 aliphatic heterocycles. The van der Waals surface area contributed by atoms with E-state index in [9.17, 15) is 14.7 Å². The zero-order valence-corrected chi connectivity index (χ0v) is 11.8. The van der Waals surface area contributed by atoms with Crippen LogP contribution in [0.3, 0.4) is 0 Å². The highest BCUT2D eigenvalue weighted by Gasteiger charge is 2.56. The molecule has 0 amide bonds. The fourth-order valence-corrected chi connectivity index (χ4v) is 2.19. The van der Waals surface area contributed by atoms with Gasteiger partial charge in [-0.2, -0.15) is 0 Å². The van der Waals surface area contributed by atoms with Crippen molar-refractivity contribution in [3.05, 3.63) is 53.5 Å². The molecule has 1 aliphatic rings. The van der Waals surface area contributed by atoms with Gasteiger partial charge in [-0.1, -0.05) is 36.4 Å². The number of hydrogen-bond acceptors (Lipinski definition) is 5. The van der Waals surface area contributed by atoms with E-state index in [2.05, 4.69) is 0 Å². The normalized spacial score (nSPS) is 21.4. The molecule has 5 heteroatoms. The first kappa shape index (κ1) is 15.0. The third-order valence-corrected chi connectivity index (χ3v) is 3.26. The third kappa shape index (κ3) is 2.73. The number of rotatable bonds is 6. The molecule has 0 aromatic heterocycles. The van der Waals surface area contributed by atoms with Gasteiger partial charge in [0.05, 0.1) is 20.6 Å². The van der Waals surface area contributed by atoms with Gasteiger partial charge in [-0.15, -0.1) is 0 Å². The maximum atomic E-state index is 11.9. The van der Waals surface area contributed by atoms with E-state index in [-0.39, 0.29) is 23.7 Å². The Morgan fingerprint density at radius 1 is 1.24 bits per heavy atom. The van der Waals surface area contributed by atoms with E-state index in [0.717, 1.165) is 5.56 Å². The highest BCUT2D eigenvalue weighted by molar-refractivity contribution is 6.13. The fraction of sp³-hybridized carbons (Fsp3) is 0.250. The van der Waals surface area contributed by atoms with Crippen molar-refractivity contribution in [2.45, 2.75) is 12.0 Å². The minimum absolute atomic E-state index is 0.00328. The Kier molecular flexibility index (Phi) is 4.23. The van der Waals surface area contributed by atoms with E-state index in [1.807, 2.05) is 30.3 Å². The molecule has 0 heterocycles. The molecule has 2 rings (SSSR count). The van der Waals surface area contributed by atoms with E-state index in [4.69, 9.17) is 9.47 Å². The summed E-state index contributed by atoms with van der Waals surface area (Å²) in [5.74, 6) is -1.06. The van der Waals surface area contributed by atoms with Crippen molar-refractivity contribution in [1.29, 1.82) is 0 Å². The summed E-state index contributed by atoms with van der Waals surface area (Å²) >= 11 is 0. The molecule has 21 heavy (non-hydrogen) atoms. The molecule has 1 aliphatic carbocycles. The first-order valence-corrected chi connectivity index (χ1v) is 6.39. The molecule has 0 saturated carbocycles. The van der Waals surface area contributed by atoms with E-state index < -0.39 is 11.4 Å². The minimum Gasteiger partial charge on any atom is -0.494 e. The highest BCUT2D eigenvalue weighted by atomic mass is 16.5. The van der Waals surface area contributed by atoms with Crippen LogP contribution in [-0.4, -0.2) is 36.5 Å². The van der Waals surface area contributed by atoms with E-state index >= 15 is 0 Å². The molecule has 0 spiro atoms. The SMILES string of the molecule is COC1=C(OC)C(O)(CC(=O)/C=C/c2ccccc2)C1=O. The number of methoxy groups -OCH3 is 2. The molecular formula is C16H16O5. The topological polar surface area (TPSA) is 72.8 Å². The summed E-state index contributed by atoms with van der Waals surface area (Å²) in [6.45, 7) is 0. The second kappa shape index (κ2) is 5.93. The van der Waals surface area contributed by atoms with Gasteiger partial charge in [-0.3, -0.25) is 9.59 Å². The van der Waals surface area contributed by atoms with E-state index in [0.29, 0.717) is 0 Å². The van der Waals surface area contributed by atoms with Crippen LogP contribution in [0.25, 0.3) is 6.08 Å². The Bertz CT molecular complexity index is 615. The third-order valence-electron chi connectivity index (χ3n) is 3.26. The summed E-state index contributed by atoms with van der Waals surface area (Å²) in [6, 6.07) is 9.26. The second-order valence-corrected chi connectivity index (χ2v) is 4.64. The van der Waals surface area contributed by atoms with Gasteiger partial charge in [0.15, 0.2) is 17.1 Å². The summed E-state index contributed by atoms with van der Waals surface area (Å²) in [4.78, 5) is 23.7. The molecule has 1 N–H and O–H groups in total. The fourth-order valence-electron chi connectivity index (χ4n) is 2.19. The maximum absolute atomic E-state index is 11.9. The van der Waals surface area contributed by atoms with Gasteiger partial charge in [0.1, 0.15) is 0 Å². The molecule has 1 atom stereocenters. The summed E-state index contributed by atoms with van der Waals surface area (Å²) in [7, 11) is 2.62. The van der Waals surface area contributed by atoms with Crippen LogP contribution in [0.4, 0.5) is 0 Å². The first-order valence-electron chi connectivity index (χ1n) is 6.39. The van der Waals surface area contributed by atoms with Crippen molar-refractivity contribution < 1.29 is 24.2 Å². The largest absolute Gasteiger partial charge is 0.494 e. The number of allylic oxidation sites excluding steroid dienone is 1. The van der Waals surface area contributed by atoms with Crippen LogP contribution in [0.15, 0.2) is 47.9 Å². The number of ketones is 2. The predicted molar refractivity (Wildman–Crippen MR) is 76.1 cm³/mol. The number of aliphatic hydroxyl groups is 1. The molecule has 110 valence electrons. The average molecular weight is 288 g/mol. The lowest BCUT2D eigenvalue weighted by Gasteiger charge is -2.36. The molecule has 0 saturated heterocycles. The van der Waals surface area contributed by atoms with Gasteiger partial charge in [-0.25, -0.2) is 0 Å². The van der Waals surface area contributed by atoms with Crippen LogP contribution in [0.5, 0.6) is 0 Å². The van der Waals surface area contributed by atoms with Crippen molar-refractivity contribution in [2.75, 3.05) is 14.2 Å². The molecule has 0 fully saturated rings. The van der Waals surface area contributed by atoms with Crippen LogP contribution in [0.1, 0.15) is 12.0 Å². The number of carbonyl (C=O) groups is 2. The van der Waals surface area contributed by atoms with Crippen LogP contribution < -0.4 is 0 Å². The Morgan fingerprint density at radius 3 is 2.48 bits per heavy atom. The number of ether oxygens (including phenoxy) is 2.